The molecular formula is C20H11F6N3OS. The monoisotopic (exact) mass is 455 g/mol. The van der Waals surface area contributed by atoms with Crippen LogP contribution in [0.2, 0.25) is 0 Å². The molecule has 31 heavy (non-hydrogen) atoms. The molecular weight excluding hydrogens is 444 g/mol. The first-order valence-electron chi connectivity index (χ1n) is 8.49. The number of hydrogen-bond donors (Lipinski definition) is 0. The van der Waals surface area contributed by atoms with Crippen molar-refractivity contribution in [2.24, 2.45) is 0 Å². The third-order valence-corrected chi connectivity index (χ3v) is 5.11. The van der Waals surface area contributed by atoms with Gasteiger partial charge >= 0.3 is 12.4 Å². The van der Waals surface area contributed by atoms with Crippen LogP contribution in [0.25, 0.3) is 15.5 Å². The van der Waals surface area contributed by atoms with E-state index >= 15 is 0 Å². The number of furan rings is 1. The zero-order valence-corrected chi connectivity index (χ0v) is 16.2. The predicted molar refractivity (Wildman–Crippen MR) is 102 cm³/mol. The predicted octanol–water partition coefficient (Wildman–Crippen LogP) is 7.02. The Morgan fingerprint density at radius 1 is 1.06 bits per heavy atom. The first-order chi connectivity index (χ1) is 14.5. The van der Waals surface area contributed by atoms with Crippen LogP contribution in [-0.2, 0) is 12.7 Å². The molecule has 3 rings (SSSR count). The topological polar surface area (TPSA) is 44.5 Å². The molecule has 0 radical (unpaired) electrons. The van der Waals surface area contributed by atoms with Gasteiger partial charge in [0.2, 0.25) is 0 Å². The third-order valence-electron chi connectivity index (χ3n) is 4.11. The van der Waals surface area contributed by atoms with E-state index in [2.05, 4.69) is 4.85 Å². The summed E-state index contributed by atoms with van der Waals surface area (Å²) in [5.74, 6) is 0.418. The van der Waals surface area contributed by atoms with Crippen molar-refractivity contribution in [3.63, 3.8) is 0 Å². The molecule has 0 unspecified atom stereocenters. The van der Waals surface area contributed by atoms with Crippen molar-refractivity contribution in [3.8, 4) is 16.7 Å². The SMILES string of the molecule is [C-]#[N+]c1ccc(N(Cc2ccc(-c3ccc(C#N)s3)o2)CC(F)(F)F)cc1C(F)(F)F. The van der Waals surface area contributed by atoms with Crippen LogP contribution in [0.3, 0.4) is 0 Å². The molecule has 11 heteroatoms. The molecule has 2 aromatic heterocycles. The second-order valence-corrected chi connectivity index (χ2v) is 7.41. The molecule has 0 atom stereocenters. The van der Waals surface area contributed by atoms with Gasteiger partial charge in [-0.15, -0.1) is 11.3 Å². The van der Waals surface area contributed by atoms with Gasteiger partial charge in [-0.2, -0.15) is 31.6 Å². The lowest BCUT2D eigenvalue weighted by molar-refractivity contribution is -0.136. The highest BCUT2D eigenvalue weighted by Gasteiger charge is 2.36. The van der Waals surface area contributed by atoms with Gasteiger partial charge in [-0.25, -0.2) is 4.85 Å². The van der Waals surface area contributed by atoms with Crippen molar-refractivity contribution in [2.45, 2.75) is 18.9 Å². The number of hydrogen-bond acceptors (Lipinski definition) is 4. The minimum absolute atomic E-state index is 0.0916. The number of halogens is 6. The van der Waals surface area contributed by atoms with E-state index in [1.54, 1.807) is 12.1 Å². The van der Waals surface area contributed by atoms with Gasteiger partial charge in [0.15, 0.2) is 5.69 Å². The summed E-state index contributed by atoms with van der Waals surface area (Å²) in [5, 5.41) is 8.89. The Bertz CT molecular complexity index is 1160. The van der Waals surface area contributed by atoms with Gasteiger partial charge in [0, 0.05) is 5.69 Å². The van der Waals surface area contributed by atoms with E-state index in [0.29, 0.717) is 26.5 Å². The van der Waals surface area contributed by atoms with Crippen LogP contribution < -0.4 is 4.90 Å². The number of nitrogens with zero attached hydrogens (tertiary/aromatic N) is 3. The average Bonchev–Trinajstić information content (AvgIpc) is 3.34. The van der Waals surface area contributed by atoms with Gasteiger partial charge in [0.25, 0.3) is 0 Å². The van der Waals surface area contributed by atoms with Crippen LogP contribution in [0.1, 0.15) is 16.2 Å². The zero-order valence-electron chi connectivity index (χ0n) is 15.4. The number of alkyl halides is 6. The van der Waals surface area contributed by atoms with E-state index < -0.39 is 36.7 Å². The summed E-state index contributed by atoms with van der Waals surface area (Å²) in [6, 6.07) is 10.5. The third kappa shape index (κ3) is 5.38. The molecule has 160 valence electrons. The van der Waals surface area contributed by atoms with Gasteiger partial charge in [-0.3, -0.25) is 0 Å². The fourth-order valence-electron chi connectivity index (χ4n) is 2.81. The molecule has 0 amide bonds. The Morgan fingerprint density at radius 3 is 2.39 bits per heavy atom. The summed E-state index contributed by atoms with van der Waals surface area (Å²) < 4.78 is 84.6. The Balaban J connectivity index is 1.94. The van der Waals surface area contributed by atoms with Crippen molar-refractivity contribution >= 4 is 22.7 Å². The van der Waals surface area contributed by atoms with Crippen molar-refractivity contribution < 1.29 is 30.8 Å². The van der Waals surface area contributed by atoms with Gasteiger partial charge in [-0.1, -0.05) is 6.07 Å². The Kier molecular flexibility index (Phi) is 6.00. The standard InChI is InChI=1S/C20H11F6N3OS/c1-28-16-5-2-12(8-15(16)20(24,25)26)29(11-19(21,22)23)10-13-3-6-17(30-13)18-7-4-14(9-27)31-18/h2-8H,10-11H2. The molecule has 0 aliphatic rings. The highest BCUT2D eigenvalue weighted by atomic mass is 32.1. The molecule has 0 N–H and O–H groups in total. The Morgan fingerprint density at radius 2 is 1.81 bits per heavy atom. The second kappa shape index (κ2) is 8.36. The molecule has 4 nitrogen and oxygen atoms in total. The summed E-state index contributed by atoms with van der Waals surface area (Å²) in [5.41, 5.74) is -2.36. The smallest absolute Gasteiger partial charge is 0.407 e. The zero-order chi connectivity index (χ0) is 22.8. The summed E-state index contributed by atoms with van der Waals surface area (Å²) in [4.78, 5) is 4.50. The minimum atomic E-state index is -4.89. The Hall–Kier alpha value is -3.44. The van der Waals surface area contributed by atoms with Crippen LogP contribution >= 0.6 is 11.3 Å². The van der Waals surface area contributed by atoms with Gasteiger partial charge < -0.3 is 9.32 Å². The molecule has 0 saturated carbocycles. The van der Waals surface area contributed by atoms with Crippen molar-refractivity contribution in [2.75, 3.05) is 11.4 Å². The number of nitriles is 1. The molecule has 0 aliphatic carbocycles. The lowest BCUT2D eigenvalue weighted by Crippen LogP contribution is -2.33. The van der Waals surface area contributed by atoms with Gasteiger partial charge in [0.1, 0.15) is 29.0 Å². The molecule has 0 spiro atoms. The molecule has 2 heterocycles. The molecule has 1 aromatic carbocycles. The molecule has 3 aromatic rings. The van der Waals surface area contributed by atoms with Gasteiger partial charge in [-0.05, 0) is 36.4 Å². The molecule has 0 aliphatic heterocycles. The van der Waals surface area contributed by atoms with E-state index in [1.165, 1.54) is 12.1 Å². The van der Waals surface area contributed by atoms with Crippen LogP contribution in [0.5, 0.6) is 0 Å². The van der Waals surface area contributed by atoms with Crippen molar-refractivity contribution in [1.29, 1.82) is 5.26 Å². The van der Waals surface area contributed by atoms with Gasteiger partial charge in [0.05, 0.1) is 23.6 Å². The van der Waals surface area contributed by atoms with Crippen LogP contribution in [-0.4, -0.2) is 12.7 Å². The van der Waals surface area contributed by atoms with E-state index in [4.69, 9.17) is 16.3 Å². The van der Waals surface area contributed by atoms with E-state index in [1.807, 2.05) is 6.07 Å². The van der Waals surface area contributed by atoms with Crippen LogP contribution in [0.15, 0.2) is 46.9 Å². The lowest BCUT2D eigenvalue weighted by Gasteiger charge is -2.26. The minimum Gasteiger partial charge on any atom is -0.458 e. The maximum Gasteiger partial charge on any atom is 0.407 e. The average molecular weight is 455 g/mol. The maximum atomic E-state index is 13.2. The Labute approximate surface area is 176 Å². The van der Waals surface area contributed by atoms with Crippen LogP contribution in [0.4, 0.5) is 37.7 Å². The molecule has 0 saturated heterocycles. The highest BCUT2D eigenvalue weighted by molar-refractivity contribution is 7.15. The number of benzene rings is 1. The fraction of sp³-hybridized carbons (Fsp3) is 0.200. The fourth-order valence-corrected chi connectivity index (χ4v) is 3.58. The quantitative estimate of drug-likeness (QED) is 0.307. The first-order valence-corrected chi connectivity index (χ1v) is 9.31. The molecule has 0 bridgehead atoms. The van der Waals surface area contributed by atoms with E-state index in [9.17, 15) is 26.3 Å². The maximum absolute atomic E-state index is 13.2. The summed E-state index contributed by atoms with van der Waals surface area (Å²) in [7, 11) is 0. The van der Waals surface area contributed by atoms with E-state index in [-0.39, 0.29) is 11.4 Å². The second-order valence-electron chi connectivity index (χ2n) is 6.32. The first kappa shape index (κ1) is 22.2. The summed E-state index contributed by atoms with van der Waals surface area (Å²) >= 11 is 1.13. The van der Waals surface area contributed by atoms with Crippen molar-refractivity contribution in [1.82, 2.24) is 0 Å². The number of thiophene rings is 1. The lowest BCUT2D eigenvalue weighted by atomic mass is 10.1. The van der Waals surface area contributed by atoms with E-state index in [0.717, 1.165) is 23.5 Å². The largest absolute Gasteiger partial charge is 0.458 e. The highest BCUT2D eigenvalue weighted by Crippen LogP contribution is 2.39. The normalized spacial score (nSPS) is 11.7. The van der Waals surface area contributed by atoms with Crippen molar-refractivity contribution in [3.05, 3.63) is 70.1 Å². The summed E-state index contributed by atoms with van der Waals surface area (Å²) in [6.07, 6.45) is -9.59. The summed E-state index contributed by atoms with van der Waals surface area (Å²) in [6.45, 7) is 4.89. The van der Waals surface area contributed by atoms with Crippen LogP contribution in [0, 0.1) is 17.9 Å². The number of anilines is 1. The molecule has 0 fully saturated rings. The number of rotatable bonds is 5.